The van der Waals surface area contributed by atoms with Gasteiger partial charge in [-0.25, -0.2) is 9.78 Å². The SMILES string of the molecule is C=CCNc1ccc2c(C(=O)O)cccc2n1. The molecule has 0 aliphatic rings. The monoisotopic (exact) mass is 228 g/mol. The Bertz CT molecular complexity index is 579. The van der Waals surface area contributed by atoms with Crippen molar-refractivity contribution < 1.29 is 9.90 Å². The van der Waals surface area contributed by atoms with Crippen molar-refractivity contribution in [3.05, 3.63) is 48.6 Å². The van der Waals surface area contributed by atoms with E-state index in [-0.39, 0.29) is 5.56 Å². The third-order valence-electron chi connectivity index (χ3n) is 2.39. The summed E-state index contributed by atoms with van der Waals surface area (Å²) in [5.74, 6) is -0.232. The molecule has 0 amide bonds. The molecule has 2 rings (SSSR count). The Kier molecular flexibility index (Phi) is 3.05. The van der Waals surface area contributed by atoms with Crippen LogP contribution in [0, 0.1) is 0 Å². The molecule has 0 aliphatic heterocycles. The first-order valence-corrected chi connectivity index (χ1v) is 5.20. The molecule has 0 saturated heterocycles. The molecule has 1 aromatic carbocycles. The number of anilines is 1. The highest BCUT2D eigenvalue weighted by Crippen LogP contribution is 2.19. The highest BCUT2D eigenvalue weighted by Gasteiger charge is 2.08. The van der Waals surface area contributed by atoms with Crippen LogP contribution in [0.5, 0.6) is 0 Å². The number of carboxylic acid groups (broad SMARTS) is 1. The van der Waals surface area contributed by atoms with Gasteiger partial charge in [0.15, 0.2) is 0 Å². The molecule has 0 bridgehead atoms. The fourth-order valence-corrected chi connectivity index (χ4v) is 1.62. The topological polar surface area (TPSA) is 62.2 Å². The lowest BCUT2D eigenvalue weighted by molar-refractivity contribution is 0.0699. The van der Waals surface area contributed by atoms with Crippen molar-refractivity contribution in [1.29, 1.82) is 0 Å². The smallest absolute Gasteiger partial charge is 0.336 e. The van der Waals surface area contributed by atoms with Crippen molar-refractivity contribution in [3.8, 4) is 0 Å². The zero-order valence-electron chi connectivity index (χ0n) is 9.18. The lowest BCUT2D eigenvalue weighted by Gasteiger charge is -2.05. The van der Waals surface area contributed by atoms with Gasteiger partial charge in [-0.2, -0.15) is 0 Å². The second-order valence-corrected chi connectivity index (χ2v) is 3.54. The number of aromatic carboxylic acids is 1. The van der Waals surface area contributed by atoms with E-state index in [9.17, 15) is 4.79 Å². The van der Waals surface area contributed by atoms with Crippen LogP contribution in [0.25, 0.3) is 10.9 Å². The summed E-state index contributed by atoms with van der Waals surface area (Å²) in [6, 6.07) is 8.58. The number of aromatic nitrogens is 1. The Morgan fingerprint density at radius 3 is 2.94 bits per heavy atom. The van der Waals surface area contributed by atoms with Crippen LogP contribution in [0.2, 0.25) is 0 Å². The van der Waals surface area contributed by atoms with Gasteiger partial charge in [0.2, 0.25) is 0 Å². The Hall–Kier alpha value is -2.36. The summed E-state index contributed by atoms with van der Waals surface area (Å²) in [4.78, 5) is 15.3. The van der Waals surface area contributed by atoms with Crippen LogP contribution < -0.4 is 5.32 Å². The first-order valence-electron chi connectivity index (χ1n) is 5.20. The van der Waals surface area contributed by atoms with Gasteiger partial charge >= 0.3 is 5.97 Å². The summed E-state index contributed by atoms with van der Waals surface area (Å²) in [7, 11) is 0. The highest BCUT2D eigenvalue weighted by atomic mass is 16.4. The van der Waals surface area contributed by atoms with Gasteiger partial charge in [0, 0.05) is 11.9 Å². The Labute approximate surface area is 98.6 Å². The predicted octanol–water partition coefficient (Wildman–Crippen LogP) is 2.53. The van der Waals surface area contributed by atoms with Crippen molar-refractivity contribution in [2.45, 2.75) is 0 Å². The molecule has 2 aromatic rings. The van der Waals surface area contributed by atoms with Crippen LogP contribution in [0.1, 0.15) is 10.4 Å². The van der Waals surface area contributed by atoms with Gasteiger partial charge in [-0.05, 0) is 24.3 Å². The van der Waals surface area contributed by atoms with Gasteiger partial charge in [0.1, 0.15) is 5.82 Å². The van der Waals surface area contributed by atoms with Crippen LogP contribution in [0.15, 0.2) is 43.0 Å². The molecule has 86 valence electrons. The van der Waals surface area contributed by atoms with Crippen LogP contribution in [-0.2, 0) is 0 Å². The van der Waals surface area contributed by atoms with E-state index >= 15 is 0 Å². The molecule has 0 atom stereocenters. The van der Waals surface area contributed by atoms with E-state index in [2.05, 4.69) is 16.9 Å². The number of pyridine rings is 1. The minimum atomic E-state index is -0.941. The first kappa shape index (κ1) is 11.1. The maximum absolute atomic E-state index is 11.0. The second kappa shape index (κ2) is 4.65. The van der Waals surface area contributed by atoms with Gasteiger partial charge in [0.05, 0.1) is 11.1 Å². The fourth-order valence-electron chi connectivity index (χ4n) is 1.62. The molecule has 0 spiro atoms. The van der Waals surface area contributed by atoms with Crippen molar-refractivity contribution in [3.63, 3.8) is 0 Å². The summed E-state index contributed by atoms with van der Waals surface area (Å²) < 4.78 is 0. The number of fused-ring (bicyclic) bond motifs is 1. The number of rotatable bonds is 4. The van der Waals surface area contributed by atoms with Gasteiger partial charge in [-0.1, -0.05) is 12.1 Å². The normalized spacial score (nSPS) is 10.1. The quantitative estimate of drug-likeness (QED) is 0.789. The molecule has 1 heterocycles. The number of benzene rings is 1. The van der Waals surface area contributed by atoms with Crippen LogP contribution >= 0.6 is 0 Å². The molecule has 0 radical (unpaired) electrons. The van der Waals surface area contributed by atoms with E-state index in [4.69, 9.17) is 5.11 Å². The van der Waals surface area contributed by atoms with Crippen molar-refractivity contribution in [2.24, 2.45) is 0 Å². The molecule has 4 heteroatoms. The Balaban J connectivity index is 2.49. The van der Waals surface area contributed by atoms with Gasteiger partial charge in [0.25, 0.3) is 0 Å². The van der Waals surface area contributed by atoms with E-state index in [1.54, 1.807) is 36.4 Å². The predicted molar refractivity (Wildman–Crippen MR) is 67.4 cm³/mol. The molecular formula is C13H12N2O2. The molecule has 4 nitrogen and oxygen atoms in total. The number of hydrogen-bond acceptors (Lipinski definition) is 3. The largest absolute Gasteiger partial charge is 0.478 e. The molecule has 0 aliphatic carbocycles. The number of hydrogen-bond donors (Lipinski definition) is 2. The second-order valence-electron chi connectivity index (χ2n) is 3.54. The maximum Gasteiger partial charge on any atom is 0.336 e. The summed E-state index contributed by atoms with van der Waals surface area (Å²) in [6.07, 6.45) is 1.74. The lowest BCUT2D eigenvalue weighted by Crippen LogP contribution is -2.02. The van der Waals surface area contributed by atoms with E-state index in [1.807, 2.05) is 0 Å². The van der Waals surface area contributed by atoms with E-state index in [1.165, 1.54) is 0 Å². The number of carbonyl (C=O) groups is 1. The Morgan fingerprint density at radius 1 is 1.41 bits per heavy atom. The summed E-state index contributed by atoms with van der Waals surface area (Å²) in [6.45, 7) is 4.23. The number of nitrogens with zero attached hydrogens (tertiary/aromatic N) is 1. The molecule has 17 heavy (non-hydrogen) atoms. The molecule has 0 unspecified atom stereocenters. The molecule has 2 N–H and O–H groups in total. The van der Waals surface area contributed by atoms with Gasteiger partial charge in [-0.15, -0.1) is 6.58 Å². The van der Waals surface area contributed by atoms with Crippen LogP contribution in [0.3, 0.4) is 0 Å². The van der Waals surface area contributed by atoms with Crippen LogP contribution in [-0.4, -0.2) is 22.6 Å². The minimum Gasteiger partial charge on any atom is -0.478 e. The summed E-state index contributed by atoms with van der Waals surface area (Å²) >= 11 is 0. The van der Waals surface area contributed by atoms with Crippen molar-refractivity contribution in [1.82, 2.24) is 4.98 Å². The minimum absolute atomic E-state index is 0.269. The number of carboxylic acids is 1. The summed E-state index contributed by atoms with van der Waals surface area (Å²) in [5.41, 5.74) is 0.934. The molecule has 0 saturated carbocycles. The number of nitrogens with one attached hydrogen (secondary N) is 1. The fraction of sp³-hybridized carbons (Fsp3) is 0.0769. The van der Waals surface area contributed by atoms with Crippen molar-refractivity contribution in [2.75, 3.05) is 11.9 Å². The molecular weight excluding hydrogens is 216 g/mol. The molecule has 0 fully saturated rings. The zero-order valence-corrected chi connectivity index (χ0v) is 9.18. The average Bonchev–Trinajstić information content (AvgIpc) is 2.35. The first-order chi connectivity index (χ1) is 8.22. The third-order valence-corrected chi connectivity index (χ3v) is 2.39. The standard InChI is InChI=1S/C13H12N2O2/c1-2-8-14-12-7-6-9-10(13(16)17)4-3-5-11(9)15-12/h2-7H,1,8H2,(H,14,15)(H,16,17). The van der Waals surface area contributed by atoms with E-state index in [0.717, 1.165) is 0 Å². The zero-order chi connectivity index (χ0) is 12.3. The van der Waals surface area contributed by atoms with Crippen molar-refractivity contribution >= 4 is 22.7 Å². The lowest BCUT2D eigenvalue weighted by atomic mass is 10.1. The van der Waals surface area contributed by atoms with E-state index < -0.39 is 5.97 Å². The van der Waals surface area contributed by atoms with Crippen LogP contribution in [0.4, 0.5) is 5.82 Å². The maximum atomic E-state index is 11.0. The summed E-state index contributed by atoms with van der Waals surface area (Å²) in [5, 5.41) is 12.7. The molecule has 1 aromatic heterocycles. The van der Waals surface area contributed by atoms with E-state index in [0.29, 0.717) is 23.3 Å². The average molecular weight is 228 g/mol. The Morgan fingerprint density at radius 2 is 2.24 bits per heavy atom. The van der Waals surface area contributed by atoms with Gasteiger partial charge < -0.3 is 10.4 Å². The van der Waals surface area contributed by atoms with Gasteiger partial charge in [-0.3, -0.25) is 0 Å². The third kappa shape index (κ3) is 2.25. The highest BCUT2D eigenvalue weighted by molar-refractivity contribution is 6.02.